The van der Waals surface area contributed by atoms with E-state index in [9.17, 15) is 8.42 Å². The molecule has 0 aromatic rings. The highest BCUT2D eigenvalue weighted by Gasteiger charge is 2.40. The minimum Gasteiger partial charge on any atom is -0.392 e. The molecule has 0 radical (unpaired) electrons. The van der Waals surface area contributed by atoms with Crippen molar-refractivity contribution in [1.82, 2.24) is 9.03 Å². The summed E-state index contributed by atoms with van der Waals surface area (Å²) in [6.07, 6.45) is 6.32. The molecule has 0 spiro atoms. The van der Waals surface area contributed by atoms with E-state index in [0.29, 0.717) is 31.8 Å². The first kappa shape index (κ1) is 16.1. The van der Waals surface area contributed by atoms with Crippen LogP contribution in [0.1, 0.15) is 51.9 Å². The SMILES string of the molecule is CC1CCN(S(=O)(=O)NC2(C(N)=S)CCCCC2)CC1. The molecule has 116 valence electrons. The second-order valence-corrected chi connectivity index (χ2v) is 8.31. The van der Waals surface area contributed by atoms with Gasteiger partial charge in [0.15, 0.2) is 0 Å². The van der Waals surface area contributed by atoms with Crippen LogP contribution in [0.2, 0.25) is 0 Å². The molecule has 0 atom stereocenters. The van der Waals surface area contributed by atoms with Gasteiger partial charge in [0.25, 0.3) is 10.2 Å². The molecule has 0 unspecified atom stereocenters. The predicted octanol–water partition coefficient (Wildman–Crippen LogP) is 1.54. The van der Waals surface area contributed by atoms with Gasteiger partial charge in [0, 0.05) is 13.1 Å². The first-order valence-corrected chi connectivity index (χ1v) is 9.29. The van der Waals surface area contributed by atoms with Crippen molar-refractivity contribution in [2.24, 2.45) is 11.7 Å². The van der Waals surface area contributed by atoms with Crippen molar-refractivity contribution >= 4 is 27.4 Å². The predicted molar refractivity (Wildman–Crippen MR) is 84.6 cm³/mol. The molecule has 1 saturated heterocycles. The molecular weight excluding hydrogens is 294 g/mol. The Hall–Kier alpha value is -0.240. The highest BCUT2D eigenvalue weighted by atomic mass is 32.2. The van der Waals surface area contributed by atoms with Gasteiger partial charge in [-0.2, -0.15) is 17.4 Å². The van der Waals surface area contributed by atoms with Crippen LogP contribution in [0.15, 0.2) is 0 Å². The third-order valence-electron chi connectivity index (χ3n) is 4.59. The van der Waals surface area contributed by atoms with Crippen molar-refractivity contribution < 1.29 is 8.42 Å². The van der Waals surface area contributed by atoms with Gasteiger partial charge in [-0.1, -0.05) is 38.4 Å². The van der Waals surface area contributed by atoms with Crippen LogP contribution in [0, 0.1) is 5.92 Å². The van der Waals surface area contributed by atoms with Crippen LogP contribution < -0.4 is 10.5 Å². The van der Waals surface area contributed by atoms with Gasteiger partial charge >= 0.3 is 0 Å². The normalized spacial score (nSPS) is 25.4. The Morgan fingerprint density at radius 1 is 1.25 bits per heavy atom. The summed E-state index contributed by atoms with van der Waals surface area (Å²) in [5.74, 6) is 0.598. The zero-order chi connectivity index (χ0) is 14.8. The number of hydrogen-bond donors (Lipinski definition) is 2. The fraction of sp³-hybridized carbons (Fsp3) is 0.923. The zero-order valence-corrected chi connectivity index (χ0v) is 13.7. The molecule has 7 heteroatoms. The third-order valence-corrected chi connectivity index (χ3v) is 6.67. The van der Waals surface area contributed by atoms with E-state index in [-0.39, 0.29) is 4.99 Å². The van der Waals surface area contributed by atoms with Gasteiger partial charge in [-0.05, 0) is 31.6 Å². The fourth-order valence-electron chi connectivity index (χ4n) is 3.09. The van der Waals surface area contributed by atoms with Crippen LogP contribution in [0.25, 0.3) is 0 Å². The summed E-state index contributed by atoms with van der Waals surface area (Å²) in [5, 5.41) is 0. The van der Waals surface area contributed by atoms with Gasteiger partial charge < -0.3 is 5.73 Å². The number of nitrogens with two attached hydrogens (primary N) is 1. The van der Waals surface area contributed by atoms with E-state index in [1.54, 1.807) is 4.31 Å². The molecule has 2 fully saturated rings. The molecule has 0 bridgehead atoms. The monoisotopic (exact) mass is 319 g/mol. The van der Waals surface area contributed by atoms with Gasteiger partial charge in [0.2, 0.25) is 0 Å². The van der Waals surface area contributed by atoms with E-state index in [4.69, 9.17) is 18.0 Å². The molecule has 2 aliphatic rings. The lowest BCUT2D eigenvalue weighted by Gasteiger charge is -2.39. The van der Waals surface area contributed by atoms with Crippen LogP contribution in [-0.2, 0) is 10.2 Å². The molecule has 0 aromatic heterocycles. The first-order chi connectivity index (χ1) is 9.36. The summed E-state index contributed by atoms with van der Waals surface area (Å²) in [5.41, 5.74) is 5.13. The Bertz CT molecular complexity index is 450. The highest BCUT2D eigenvalue weighted by Crippen LogP contribution is 2.30. The molecule has 1 heterocycles. The lowest BCUT2D eigenvalue weighted by atomic mass is 9.82. The number of piperidine rings is 1. The molecule has 1 saturated carbocycles. The number of nitrogens with one attached hydrogen (secondary N) is 1. The smallest absolute Gasteiger partial charge is 0.280 e. The van der Waals surface area contributed by atoms with Crippen molar-refractivity contribution in [2.45, 2.75) is 57.4 Å². The van der Waals surface area contributed by atoms with Gasteiger partial charge in [-0.3, -0.25) is 0 Å². The zero-order valence-electron chi connectivity index (χ0n) is 12.1. The van der Waals surface area contributed by atoms with Crippen molar-refractivity contribution in [3.8, 4) is 0 Å². The molecule has 20 heavy (non-hydrogen) atoms. The maximum Gasteiger partial charge on any atom is 0.280 e. The van der Waals surface area contributed by atoms with Crippen molar-refractivity contribution in [3.05, 3.63) is 0 Å². The molecule has 0 aromatic carbocycles. The Labute approximate surface area is 127 Å². The summed E-state index contributed by atoms with van der Waals surface area (Å²) in [7, 11) is -3.49. The Balaban J connectivity index is 2.11. The van der Waals surface area contributed by atoms with E-state index in [1.165, 1.54) is 0 Å². The summed E-state index contributed by atoms with van der Waals surface area (Å²) < 4.78 is 29.5. The summed E-state index contributed by atoms with van der Waals surface area (Å²) in [6, 6.07) is 0. The molecule has 1 aliphatic carbocycles. The lowest BCUT2D eigenvalue weighted by molar-refractivity contribution is 0.275. The number of nitrogens with zero attached hydrogens (tertiary/aromatic N) is 1. The lowest BCUT2D eigenvalue weighted by Crippen LogP contribution is -2.61. The van der Waals surface area contributed by atoms with E-state index >= 15 is 0 Å². The maximum atomic E-state index is 12.6. The van der Waals surface area contributed by atoms with Crippen molar-refractivity contribution in [1.29, 1.82) is 0 Å². The maximum absolute atomic E-state index is 12.6. The molecule has 5 nitrogen and oxygen atoms in total. The Kier molecular flexibility index (Phi) is 5.05. The van der Waals surface area contributed by atoms with Crippen LogP contribution in [0.3, 0.4) is 0 Å². The Morgan fingerprint density at radius 3 is 2.30 bits per heavy atom. The molecule has 2 rings (SSSR count). The van der Waals surface area contributed by atoms with Gasteiger partial charge in [0.1, 0.15) is 0 Å². The van der Waals surface area contributed by atoms with Crippen LogP contribution in [-0.4, -0.2) is 36.3 Å². The Morgan fingerprint density at radius 2 is 1.80 bits per heavy atom. The summed E-state index contributed by atoms with van der Waals surface area (Å²) >= 11 is 5.15. The minimum absolute atomic E-state index is 0.283. The van der Waals surface area contributed by atoms with Gasteiger partial charge in [-0.15, -0.1) is 0 Å². The average molecular weight is 319 g/mol. The third kappa shape index (κ3) is 3.50. The van der Waals surface area contributed by atoms with Gasteiger partial charge in [-0.25, -0.2) is 0 Å². The second kappa shape index (κ2) is 6.25. The summed E-state index contributed by atoms with van der Waals surface area (Å²) in [6.45, 7) is 3.34. The highest BCUT2D eigenvalue weighted by molar-refractivity contribution is 7.87. The molecule has 0 amide bonds. The van der Waals surface area contributed by atoms with Crippen molar-refractivity contribution in [3.63, 3.8) is 0 Å². The van der Waals surface area contributed by atoms with Crippen molar-refractivity contribution in [2.75, 3.05) is 13.1 Å². The number of thiocarbonyl (C=S) groups is 1. The van der Waals surface area contributed by atoms with Crippen LogP contribution in [0.5, 0.6) is 0 Å². The largest absolute Gasteiger partial charge is 0.392 e. The fourth-order valence-corrected chi connectivity index (χ4v) is 5.04. The standard InChI is InChI=1S/C13H25N3O2S2/c1-11-5-9-16(10-6-11)20(17,18)15-13(12(14)19)7-3-2-4-8-13/h11,15H,2-10H2,1H3,(H2,14,19). The van der Waals surface area contributed by atoms with Crippen LogP contribution in [0.4, 0.5) is 0 Å². The van der Waals surface area contributed by atoms with E-state index < -0.39 is 15.7 Å². The van der Waals surface area contributed by atoms with Gasteiger partial charge in [0.05, 0.1) is 10.5 Å². The molecular formula is C13H25N3O2S2. The quantitative estimate of drug-likeness (QED) is 0.771. The first-order valence-electron chi connectivity index (χ1n) is 7.45. The average Bonchev–Trinajstić information content (AvgIpc) is 2.39. The van der Waals surface area contributed by atoms with E-state index in [0.717, 1.165) is 32.1 Å². The topological polar surface area (TPSA) is 75.4 Å². The molecule has 3 N–H and O–H groups in total. The van der Waals surface area contributed by atoms with E-state index in [2.05, 4.69) is 11.6 Å². The summed E-state index contributed by atoms with van der Waals surface area (Å²) in [4.78, 5) is 0.283. The minimum atomic E-state index is -3.49. The van der Waals surface area contributed by atoms with Crippen LogP contribution >= 0.6 is 12.2 Å². The second-order valence-electron chi connectivity index (χ2n) is 6.20. The van der Waals surface area contributed by atoms with E-state index in [1.807, 2.05) is 0 Å². The molecule has 1 aliphatic heterocycles. The number of hydrogen-bond acceptors (Lipinski definition) is 3. The number of rotatable bonds is 4.